The Bertz CT molecular complexity index is 775. The van der Waals surface area contributed by atoms with E-state index in [1.54, 1.807) is 23.1 Å². The zero-order chi connectivity index (χ0) is 21.9. The second-order valence-corrected chi connectivity index (χ2v) is 7.00. The normalized spacial score (nSPS) is 14.4. The number of carbonyl (C=O) groups excluding carboxylic acids is 3. The molecule has 0 aromatic heterocycles. The summed E-state index contributed by atoms with van der Waals surface area (Å²) >= 11 is 0. The number of amides is 3. The van der Waals surface area contributed by atoms with Gasteiger partial charge < -0.3 is 19.7 Å². The standard InChI is InChI=1S/C21H30N4O5/c1-4-15(3)23-20(27)21(28)24-22-13-16-8-9-17(18(12-16)29-5-2)30-14-19(26)25-10-6-7-11-25/h8-9,12-13,15H,4-7,10-11,14H2,1-3H3,(H,23,27)(H,24,28)/b22-13-/t15-/m1/s1. The lowest BCUT2D eigenvalue weighted by Crippen LogP contribution is -2.41. The van der Waals surface area contributed by atoms with Crippen molar-refractivity contribution < 1.29 is 23.9 Å². The minimum Gasteiger partial charge on any atom is -0.490 e. The summed E-state index contributed by atoms with van der Waals surface area (Å²) in [7, 11) is 0. The number of carbonyl (C=O) groups is 3. The maximum Gasteiger partial charge on any atom is 0.329 e. The molecule has 0 saturated carbocycles. The summed E-state index contributed by atoms with van der Waals surface area (Å²) in [5.74, 6) is -0.686. The number of nitrogens with zero attached hydrogens (tertiary/aromatic N) is 2. The van der Waals surface area contributed by atoms with Crippen molar-refractivity contribution >= 4 is 23.9 Å². The van der Waals surface area contributed by atoms with Gasteiger partial charge in [0.05, 0.1) is 12.8 Å². The molecule has 0 bridgehead atoms. The lowest BCUT2D eigenvalue weighted by molar-refractivity contribution is -0.139. The fourth-order valence-electron chi connectivity index (χ4n) is 2.80. The van der Waals surface area contributed by atoms with Crippen LogP contribution in [-0.2, 0) is 14.4 Å². The third-order valence-corrected chi connectivity index (χ3v) is 4.65. The van der Waals surface area contributed by atoms with Gasteiger partial charge in [0.15, 0.2) is 18.1 Å². The maximum atomic E-state index is 12.2. The van der Waals surface area contributed by atoms with Crippen molar-refractivity contribution in [2.45, 2.75) is 46.1 Å². The molecule has 1 heterocycles. The molecule has 0 radical (unpaired) electrons. The third kappa shape index (κ3) is 7.06. The zero-order valence-electron chi connectivity index (χ0n) is 17.8. The van der Waals surface area contributed by atoms with Crippen LogP contribution in [0.5, 0.6) is 11.5 Å². The molecule has 1 aromatic carbocycles. The number of hydrogen-bond acceptors (Lipinski definition) is 6. The first-order valence-corrected chi connectivity index (χ1v) is 10.3. The summed E-state index contributed by atoms with van der Waals surface area (Å²) in [6.07, 6.45) is 4.18. The fraction of sp³-hybridized carbons (Fsp3) is 0.524. The van der Waals surface area contributed by atoms with Crippen LogP contribution in [0.3, 0.4) is 0 Å². The van der Waals surface area contributed by atoms with Gasteiger partial charge in [0.25, 0.3) is 5.91 Å². The highest BCUT2D eigenvalue weighted by molar-refractivity contribution is 6.35. The minimum absolute atomic E-state index is 0.0426. The Morgan fingerprint density at radius 2 is 1.87 bits per heavy atom. The minimum atomic E-state index is -0.836. The molecule has 1 aliphatic rings. The molecule has 1 aliphatic heterocycles. The van der Waals surface area contributed by atoms with Gasteiger partial charge in [-0.25, -0.2) is 5.43 Å². The molecule has 164 valence electrons. The van der Waals surface area contributed by atoms with Crippen LogP contribution in [0.15, 0.2) is 23.3 Å². The Morgan fingerprint density at radius 3 is 2.53 bits per heavy atom. The smallest absolute Gasteiger partial charge is 0.329 e. The van der Waals surface area contributed by atoms with Crippen LogP contribution >= 0.6 is 0 Å². The van der Waals surface area contributed by atoms with Crippen molar-refractivity contribution in [1.29, 1.82) is 0 Å². The highest BCUT2D eigenvalue weighted by Crippen LogP contribution is 2.28. The van der Waals surface area contributed by atoms with Gasteiger partial charge in [-0.15, -0.1) is 0 Å². The van der Waals surface area contributed by atoms with E-state index in [1.807, 2.05) is 20.8 Å². The van der Waals surface area contributed by atoms with E-state index in [4.69, 9.17) is 9.47 Å². The first kappa shape index (κ1) is 23.2. The SMILES string of the molecule is CCOc1cc(/C=N\NC(=O)C(=O)N[C@H](C)CC)ccc1OCC(=O)N1CCCC1. The number of rotatable bonds is 9. The van der Waals surface area contributed by atoms with Gasteiger partial charge in [-0.1, -0.05) is 6.92 Å². The number of ether oxygens (including phenoxy) is 2. The Balaban J connectivity index is 1.94. The van der Waals surface area contributed by atoms with E-state index < -0.39 is 11.8 Å². The first-order valence-electron chi connectivity index (χ1n) is 10.3. The molecular formula is C21H30N4O5. The van der Waals surface area contributed by atoms with E-state index in [1.165, 1.54) is 6.21 Å². The summed E-state index contributed by atoms with van der Waals surface area (Å²) in [5, 5.41) is 6.37. The van der Waals surface area contributed by atoms with Crippen molar-refractivity contribution in [3.63, 3.8) is 0 Å². The van der Waals surface area contributed by atoms with E-state index in [2.05, 4.69) is 15.8 Å². The van der Waals surface area contributed by atoms with Crippen molar-refractivity contribution in [3.8, 4) is 11.5 Å². The summed E-state index contributed by atoms with van der Waals surface area (Å²) in [4.78, 5) is 37.4. The van der Waals surface area contributed by atoms with Crippen LogP contribution < -0.4 is 20.2 Å². The molecule has 30 heavy (non-hydrogen) atoms. The van der Waals surface area contributed by atoms with Crippen LogP contribution in [0.2, 0.25) is 0 Å². The predicted octanol–water partition coefficient (Wildman–Crippen LogP) is 1.45. The second kappa shape index (κ2) is 11.8. The topological polar surface area (TPSA) is 109 Å². The molecule has 2 rings (SSSR count). The average molecular weight is 418 g/mol. The van der Waals surface area contributed by atoms with Crippen molar-refractivity contribution in [2.75, 3.05) is 26.3 Å². The Kier molecular flexibility index (Phi) is 9.11. The van der Waals surface area contributed by atoms with E-state index in [9.17, 15) is 14.4 Å². The van der Waals surface area contributed by atoms with Gasteiger partial charge in [-0.2, -0.15) is 5.10 Å². The Labute approximate surface area is 176 Å². The highest BCUT2D eigenvalue weighted by Gasteiger charge is 2.19. The van der Waals surface area contributed by atoms with Crippen molar-refractivity contribution in [2.24, 2.45) is 5.10 Å². The third-order valence-electron chi connectivity index (χ3n) is 4.65. The van der Waals surface area contributed by atoms with Crippen molar-refractivity contribution in [1.82, 2.24) is 15.6 Å². The summed E-state index contributed by atoms with van der Waals surface area (Å²) < 4.78 is 11.3. The van der Waals surface area contributed by atoms with Gasteiger partial charge in [-0.05, 0) is 56.9 Å². The number of nitrogens with one attached hydrogen (secondary N) is 2. The number of hydrazone groups is 1. The molecule has 3 amide bonds. The van der Waals surface area contributed by atoms with Gasteiger partial charge in [0, 0.05) is 19.1 Å². The predicted molar refractivity (Wildman–Crippen MR) is 113 cm³/mol. The average Bonchev–Trinajstić information content (AvgIpc) is 3.28. The molecule has 1 fully saturated rings. The van der Waals surface area contributed by atoms with Crippen LogP contribution in [0, 0.1) is 0 Å². The zero-order valence-corrected chi connectivity index (χ0v) is 17.8. The van der Waals surface area contributed by atoms with Crippen LogP contribution in [0.25, 0.3) is 0 Å². The molecule has 1 atom stereocenters. The quantitative estimate of drug-likeness (QED) is 0.358. The van der Waals surface area contributed by atoms with Crippen LogP contribution in [-0.4, -0.2) is 61.2 Å². The maximum absolute atomic E-state index is 12.2. The lowest BCUT2D eigenvalue weighted by Gasteiger charge is -2.17. The summed E-state index contributed by atoms with van der Waals surface area (Å²) in [6.45, 7) is 7.49. The molecule has 1 aromatic rings. The molecular weight excluding hydrogens is 388 g/mol. The second-order valence-electron chi connectivity index (χ2n) is 7.00. The van der Waals surface area contributed by atoms with Gasteiger partial charge in [0.1, 0.15) is 0 Å². The van der Waals surface area contributed by atoms with E-state index in [-0.39, 0.29) is 18.6 Å². The summed E-state index contributed by atoms with van der Waals surface area (Å²) in [6, 6.07) is 4.99. The molecule has 0 spiro atoms. The number of benzene rings is 1. The molecule has 0 unspecified atom stereocenters. The first-order chi connectivity index (χ1) is 14.4. The van der Waals surface area contributed by atoms with Gasteiger partial charge in [-0.3, -0.25) is 14.4 Å². The highest BCUT2D eigenvalue weighted by atomic mass is 16.5. The molecule has 9 nitrogen and oxygen atoms in total. The Morgan fingerprint density at radius 1 is 1.13 bits per heavy atom. The molecule has 2 N–H and O–H groups in total. The fourth-order valence-corrected chi connectivity index (χ4v) is 2.80. The van der Waals surface area contributed by atoms with E-state index in [0.717, 1.165) is 32.4 Å². The molecule has 0 aliphatic carbocycles. The van der Waals surface area contributed by atoms with Crippen LogP contribution in [0.1, 0.15) is 45.6 Å². The number of hydrogen-bond donors (Lipinski definition) is 2. The molecule has 9 heteroatoms. The molecule has 1 saturated heterocycles. The van der Waals surface area contributed by atoms with E-state index in [0.29, 0.717) is 23.7 Å². The van der Waals surface area contributed by atoms with Crippen LogP contribution in [0.4, 0.5) is 0 Å². The number of likely N-dealkylation sites (tertiary alicyclic amines) is 1. The monoisotopic (exact) mass is 418 g/mol. The van der Waals surface area contributed by atoms with Gasteiger partial charge >= 0.3 is 11.8 Å². The van der Waals surface area contributed by atoms with Crippen molar-refractivity contribution in [3.05, 3.63) is 23.8 Å². The van der Waals surface area contributed by atoms with Gasteiger partial charge in [0.2, 0.25) is 0 Å². The van der Waals surface area contributed by atoms with E-state index >= 15 is 0 Å². The lowest BCUT2D eigenvalue weighted by atomic mass is 10.2. The Hall–Kier alpha value is -3.10. The largest absolute Gasteiger partial charge is 0.490 e. The summed E-state index contributed by atoms with van der Waals surface area (Å²) in [5.41, 5.74) is 2.83.